The van der Waals surface area contributed by atoms with E-state index >= 15 is 0 Å². The fourth-order valence-electron chi connectivity index (χ4n) is 3.76. The Balaban J connectivity index is 2.37. The third-order valence-corrected chi connectivity index (χ3v) is 5.09. The van der Waals surface area contributed by atoms with E-state index in [0.29, 0.717) is 17.6 Å². The molecular weight excluding hydrogens is 348 g/mol. The number of hydrogen-bond acceptors (Lipinski definition) is 2. The van der Waals surface area contributed by atoms with Crippen molar-refractivity contribution in [2.45, 2.75) is 40.0 Å². The van der Waals surface area contributed by atoms with Crippen molar-refractivity contribution in [2.75, 3.05) is 0 Å². The first-order valence-electron chi connectivity index (χ1n) is 9.53. The van der Waals surface area contributed by atoms with Crippen molar-refractivity contribution < 1.29 is 15.0 Å². The Labute approximate surface area is 166 Å². The molecule has 0 radical (unpaired) electrons. The molecule has 2 N–H and O–H groups in total. The SMILES string of the molecule is CC(C)=C(C(=O)O)c1cc(C(C)C)c(O)c2c(Cc3ccccc3)cccc12. The van der Waals surface area contributed by atoms with Crippen molar-refractivity contribution >= 4 is 22.3 Å². The van der Waals surface area contributed by atoms with Crippen molar-refractivity contribution in [2.24, 2.45) is 0 Å². The molecule has 3 rings (SSSR count). The van der Waals surface area contributed by atoms with Gasteiger partial charge in [-0.1, -0.05) is 68.0 Å². The largest absolute Gasteiger partial charge is 0.507 e. The van der Waals surface area contributed by atoms with Gasteiger partial charge in [-0.05, 0) is 59.9 Å². The van der Waals surface area contributed by atoms with Gasteiger partial charge in [-0.2, -0.15) is 0 Å². The molecule has 0 atom stereocenters. The summed E-state index contributed by atoms with van der Waals surface area (Å²) < 4.78 is 0. The van der Waals surface area contributed by atoms with Gasteiger partial charge in [-0.3, -0.25) is 0 Å². The third kappa shape index (κ3) is 3.65. The molecule has 0 heterocycles. The van der Waals surface area contributed by atoms with Gasteiger partial charge in [-0.15, -0.1) is 0 Å². The first kappa shape index (κ1) is 19.7. The molecule has 0 aliphatic rings. The lowest BCUT2D eigenvalue weighted by atomic mass is 9.86. The average Bonchev–Trinajstić information content (AvgIpc) is 2.63. The number of fused-ring (bicyclic) bond motifs is 1. The Morgan fingerprint density at radius 2 is 1.68 bits per heavy atom. The number of allylic oxidation sites excluding steroid dienone is 1. The molecule has 0 saturated carbocycles. The molecule has 3 aromatic carbocycles. The molecule has 0 amide bonds. The van der Waals surface area contributed by atoms with Crippen LogP contribution in [0.2, 0.25) is 0 Å². The summed E-state index contributed by atoms with van der Waals surface area (Å²) in [4.78, 5) is 12.0. The van der Waals surface area contributed by atoms with E-state index < -0.39 is 5.97 Å². The number of hydrogen-bond donors (Lipinski definition) is 2. The van der Waals surface area contributed by atoms with E-state index in [1.165, 1.54) is 0 Å². The Morgan fingerprint density at radius 3 is 2.25 bits per heavy atom. The predicted octanol–water partition coefficient (Wildman–Crippen LogP) is 6.14. The van der Waals surface area contributed by atoms with Gasteiger partial charge < -0.3 is 10.2 Å². The number of phenolic OH excluding ortho intramolecular Hbond substituents is 1. The van der Waals surface area contributed by atoms with Crippen molar-refractivity contribution in [1.82, 2.24) is 0 Å². The number of rotatable bonds is 5. The van der Waals surface area contributed by atoms with Crippen LogP contribution in [0.3, 0.4) is 0 Å². The van der Waals surface area contributed by atoms with Crippen molar-refractivity contribution in [3.05, 3.63) is 82.4 Å². The molecule has 3 aromatic rings. The van der Waals surface area contributed by atoms with Gasteiger partial charge in [-0.25, -0.2) is 4.79 Å². The molecule has 3 nitrogen and oxygen atoms in total. The molecule has 28 heavy (non-hydrogen) atoms. The van der Waals surface area contributed by atoms with E-state index in [0.717, 1.165) is 33.0 Å². The van der Waals surface area contributed by atoms with Crippen LogP contribution in [0.5, 0.6) is 5.75 Å². The normalized spacial score (nSPS) is 11.0. The van der Waals surface area contributed by atoms with Gasteiger partial charge in [0.1, 0.15) is 5.75 Å². The van der Waals surface area contributed by atoms with Crippen LogP contribution in [0, 0.1) is 0 Å². The lowest BCUT2D eigenvalue weighted by Gasteiger charge is -2.19. The summed E-state index contributed by atoms with van der Waals surface area (Å²) >= 11 is 0. The van der Waals surface area contributed by atoms with Gasteiger partial charge in [0.15, 0.2) is 0 Å². The van der Waals surface area contributed by atoms with E-state index in [1.54, 1.807) is 0 Å². The zero-order valence-corrected chi connectivity index (χ0v) is 16.8. The first-order chi connectivity index (χ1) is 13.3. The zero-order chi connectivity index (χ0) is 20.4. The summed E-state index contributed by atoms with van der Waals surface area (Å²) in [6, 6.07) is 17.8. The summed E-state index contributed by atoms with van der Waals surface area (Å²) in [5.74, 6) is -0.630. The van der Waals surface area contributed by atoms with Crippen LogP contribution in [0.4, 0.5) is 0 Å². The summed E-state index contributed by atoms with van der Waals surface area (Å²) in [7, 11) is 0. The second kappa shape index (κ2) is 7.89. The van der Waals surface area contributed by atoms with Crippen LogP contribution in [-0.4, -0.2) is 16.2 Å². The fourth-order valence-corrected chi connectivity index (χ4v) is 3.76. The molecule has 0 aromatic heterocycles. The van der Waals surface area contributed by atoms with E-state index in [-0.39, 0.29) is 11.7 Å². The van der Waals surface area contributed by atoms with Crippen LogP contribution in [0.15, 0.2) is 60.2 Å². The Hall–Kier alpha value is -3.07. The number of carboxylic acids is 1. The smallest absolute Gasteiger partial charge is 0.336 e. The highest BCUT2D eigenvalue weighted by Gasteiger charge is 2.22. The molecule has 0 fully saturated rings. The van der Waals surface area contributed by atoms with Crippen molar-refractivity contribution in [1.29, 1.82) is 0 Å². The topological polar surface area (TPSA) is 57.5 Å². The van der Waals surface area contributed by atoms with Crippen LogP contribution in [-0.2, 0) is 11.2 Å². The molecule has 0 bridgehead atoms. The van der Waals surface area contributed by atoms with Gasteiger partial charge in [0.2, 0.25) is 0 Å². The van der Waals surface area contributed by atoms with Crippen LogP contribution in [0.25, 0.3) is 16.3 Å². The lowest BCUT2D eigenvalue weighted by molar-refractivity contribution is -0.130. The van der Waals surface area contributed by atoms with E-state index in [1.807, 2.05) is 70.2 Å². The molecule has 0 saturated heterocycles. The van der Waals surface area contributed by atoms with Gasteiger partial charge in [0.05, 0.1) is 5.57 Å². The quantitative estimate of drug-likeness (QED) is 0.528. The van der Waals surface area contributed by atoms with Crippen molar-refractivity contribution in [3.63, 3.8) is 0 Å². The van der Waals surface area contributed by atoms with Crippen LogP contribution >= 0.6 is 0 Å². The highest BCUT2D eigenvalue weighted by molar-refractivity contribution is 6.21. The Kier molecular flexibility index (Phi) is 5.55. The number of aromatic hydroxyl groups is 1. The molecular formula is C25H26O3. The second-order valence-electron chi connectivity index (χ2n) is 7.70. The number of carboxylic acid groups (broad SMARTS) is 1. The number of benzene rings is 3. The van der Waals surface area contributed by atoms with Gasteiger partial charge in [0, 0.05) is 5.39 Å². The number of carbonyl (C=O) groups is 1. The Bertz CT molecular complexity index is 1060. The first-order valence-corrected chi connectivity index (χ1v) is 9.53. The maximum Gasteiger partial charge on any atom is 0.336 e. The molecule has 3 heteroatoms. The molecule has 144 valence electrons. The molecule has 0 spiro atoms. The summed E-state index contributed by atoms with van der Waals surface area (Å²) in [6.45, 7) is 7.64. The highest BCUT2D eigenvalue weighted by Crippen LogP contribution is 2.41. The highest BCUT2D eigenvalue weighted by atomic mass is 16.4. The maximum atomic E-state index is 12.0. The van der Waals surface area contributed by atoms with E-state index in [2.05, 4.69) is 12.1 Å². The summed E-state index contributed by atoms with van der Waals surface area (Å²) in [5.41, 5.74) is 4.60. The zero-order valence-electron chi connectivity index (χ0n) is 16.8. The Morgan fingerprint density at radius 1 is 1.00 bits per heavy atom. The molecule has 0 aliphatic heterocycles. The minimum absolute atomic E-state index is 0.0696. The standard InChI is InChI=1S/C25H26O3/c1-15(2)20-14-21(22(16(3)4)25(27)28)19-12-8-11-18(23(19)24(20)26)13-17-9-6-5-7-10-17/h5-12,14-15,26H,13H2,1-4H3,(H,27,28). The predicted molar refractivity (Wildman–Crippen MR) is 115 cm³/mol. The van der Waals surface area contributed by atoms with E-state index in [4.69, 9.17) is 0 Å². The van der Waals surface area contributed by atoms with E-state index in [9.17, 15) is 15.0 Å². The maximum absolute atomic E-state index is 12.0. The minimum Gasteiger partial charge on any atom is -0.507 e. The van der Waals surface area contributed by atoms with Crippen molar-refractivity contribution in [3.8, 4) is 5.75 Å². The second-order valence-corrected chi connectivity index (χ2v) is 7.70. The van der Waals surface area contributed by atoms with Gasteiger partial charge >= 0.3 is 5.97 Å². The minimum atomic E-state index is -0.949. The molecule has 0 aliphatic carbocycles. The summed E-state index contributed by atoms with van der Waals surface area (Å²) in [6.07, 6.45) is 0.671. The summed E-state index contributed by atoms with van der Waals surface area (Å²) in [5, 5.41) is 22.5. The van der Waals surface area contributed by atoms with Crippen LogP contribution in [0.1, 0.15) is 55.9 Å². The molecule has 0 unspecified atom stereocenters. The average molecular weight is 374 g/mol. The fraction of sp³-hybridized carbons (Fsp3) is 0.240. The monoisotopic (exact) mass is 374 g/mol. The third-order valence-electron chi connectivity index (χ3n) is 5.09. The van der Waals surface area contributed by atoms with Crippen LogP contribution < -0.4 is 0 Å². The number of aliphatic carboxylic acids is 1. The van der Waals surface area contributed by atoms with Gasteiger partial charge in [0.25, 0.3) is 0 Å². The number of phenols is 1. The lowest BCUT2D eigenvalue weighted by Crippen LogP contribution is -2.05.